The van der Waals surface area contributed by atoms with Crippen molar-refractivity contribution >= 4 is 24.1 Å². The van der Waals surface area contributed by atoms with E-state index in [2.05, 4.69) is 20.8 Å². The first-order valence-electron chi connectivity index (χ1n) is 4.15. The topological polar surface area (TPSA) is 66.9 Å². The van der Waals surface area contributed by atoms with Crippen molar-refractivity contribution in [1.29, 1.82) is 0 Å². The summed E-state index contributed by atoms with van der Waals surface area (Å²) in [5.74, 6) is 0.612. The Labute approximate surface area is 87.7 Å². The second-order valence-electron chi connectivity index (χ2n) is 2.95. The largest absolute Gasteiger partial charge is 0.315 e. The van der Waals surface area contributed by atoms with Crippen LogP contribution in [0.3, 0.4) is 0 Å². The molecule has 1 aliphatic heterocycles. The van der Waals surface area contributed by atoms with Gasteiger partial charge in [0, 0.05) is 19.3 Å². The van der Waals surface area contributed by atoms with Gasteiger partial charge < -0.3 is 10.6 Å². The summed E-state index contributed by atoms with van der Waals surface area (Å²) in [4.78, 5) is 11.4. The summed E-state index contributed by atoms with van der Waals surface area (Å²) in [5, 5.41) is 13.1. The van der Waals surface area contributed by atoms with Crippen LogP contribution in [-0.2, 0) is 4.79 Å². The Balaban J connectivity index is 0.000000980. The molecule has 0 unspecified atom stereocenters. The summed E-state index contributed by atoms with van der Waals surface area (Å²) in [6, 6.07) is 3.46. The van der Waals surface area contributed by atoms with Crippen molar-refractivity contribution in [2.45, 2.75) is 0 Å². The number of amides is 1. The maximum atomic E-state index is 11.4. The number of nitrogens with zero attached hydrogens (tertiary/aromatic N) is 2. The average molecular weight is 215 g/mol. The fourth-order valence-electron chi connectivity index (χ4n) is 1.07. The summed E-state index contributed by atoms with van der Waals surface area (Å²) in [6.45, 7) is 1.51. The van der Waals surface area contributed by atoms with Gasteiger partial charge in [0.2, 0.25) is 5.91 Å². The summed E-state index contributed by atoms with van der Waals surface area (Å²) in [7, 11) is 0. The van der Waals surface area contributed by atoms with Gasteiger partial charge in [-0.15, -0.1) is 17.5 Å². The molecular formula is C8H11ClN4O. The van der Waals surface area contributed by atoms with E-state index < -0.39 is 0 Å². The molecule has 1 fully saturated rings. The average Bonchev–Trinajstić information content (AvgIpc) is 2.02. The van der Waals surface area contributed by atoms with Gasteiger partial charge in [-0.2, -0.15) is 5.10 Å². The molecule has 5 nitrogen and oxygen atoms in total. The molecule has 0 spiro atoms. The van der Waals surface area contributed by atoms with Crippen molar-refractivity contribution in [2.24, 2.45) is 5.92 Å². The maximum Gasteiger partial charge on any atom is 0.231 e. The molecule has 2 N–H and O–H groups in total. The minimum absolute atomic E-state index is 0. The summed E-state index contributed by atoms with van der Waals surface area (Å²) < 4.78 is 0. The Morgan fingerprint density at radius 1 is 1.57 bits per heavy atom. The Bertz CT molecular complexity index is 301. The van der Waals surface area contributed by atoms with Crippen LogP contribution in [0.5, 0.6) is 0 Å². The van der Waals surface area contributed by atoms with Crippen LogP contribution in [0.2, 0.25) is 0 Å². The van der Waals surface area contributed by atoms with Gasteiger partial charge in [-0.3, -0.25) is 4.79 Å². The number of halogens is 1. The third-order valence-corrected chi connectivity index (χ3v) is 1.98. The van der Waals surface area contributed by atoms with E-state index in [0.717, 1.165) is 13.1 Å². The molecule has 1 aliphatic rings. The number of aromatic nitrogens is 2. The van der Waals surface area contributed by atoms with Gasteiger partial charge in [-0.25, -0.2) is 0 Å². The van der Waals surface area contributed by atoms with E-state index in [1.54, 1.807) is 18.3 Å². The highest BCUT2D eigenvalue weighted by molar-refractivity contribution is 5.92. The van der Waals surface area contributed by atoms with Crippen LogP contribution in [0.15, 0.2) is 18.3 Å². The van der Waals surface area contributed by atoms with Crippen molar-refractivity contribution in [3.63, 3.8) is 0 Å². The van der Waals surface area contributed by atoms with E-state index in [9.17, 15) is 4.79 Å². The third-order valence-electron chi connectivity index (χ3n) is 1.98. The number of hydrogen-bond acceptors (Lipinski definition) is 4. The number of hydrogen-bond donors (Lipinski definition) is 2. The normalized spacial score (nSPS) is 15.1. The van der Waals surface area contributed by atoms with Crippen LogP contribution in [0.4, 0.5) is 5.82 Å². The van der Waals surface area contributed by atoms with E-state index >= 15 is 0 Å². The molecular weight excluding hydrogens is 204 g/mol. The van der Waals surface area contributed by atoms with Crippen molar-refractivity contribution < 1.29 is 4.79 Å². The molecule has 0 radical (unpaired) electrons. The zero-order chi connectivity index (χ0) is 9.10. The number of carbonyl (C=O) groups excluding carboxylic acids is 1. The lowest BCUT2D eigenvalue weighted by Crippen LogP contribution is -2.48. The van der Waals surface area contributed by atoms with E-state index in [4.69, 9.17) is 0 Å². The first-order chi connectivity index (χ1) is 6.36. The molecule has 1 amide bonds. The lowest BCUT2D eigenvalue weighted by Gasteiger charge is -2.25. The van der Waals surface area contributed by atoms with Crippen LogP contribution in [0.1, 0.15) is 0 Å². The monoisotopic (exact) mass is 214 g/mol. The quantitative estimate of drug-likeness (QED) is 0.731. The standard InChI is InChI=1S/C8H10N4O.ClH/c13-8(6-4-9-5-6)11-7-2-1-3-10-12-7;/h1-3,6,9H,4-5H2,(H,11,12,13);1H. The zero-order valence-corrected chi connectivity index (χ0v) is 8.25. The predicted molar refractivity (Wildman–Crippen MR) is 54.3 cm³/mol. The molecule has 0 aliphatic carbocycles. The van der Waals surface area contributed by atoms with Crippen molar-refractivity contribution in [2.75, 3.05) is 18.4 Å². The highest BCUT2D eigenvalue weighted by atomic mass is 35.5. The van der Waals surface area contributed by atoms with Crippen LogP contribution in [-0.4, -0.2) is 29.2 Å². The van der Waals surface area contributed by atoms with Crippen molar-refractivity contribution in [3.05, 3.63) is 18.3 Å². The van der Waals surface area contributed by atoms with Gasteiger partial charge in [0.05, 0.1) is 5.92 Å². The van der Waals surface area contributed by atoms with E-state index in [-0.39, 0.29) is 24.2 Å². The van der Waals surface area contributed by atoms with E-state index in [1.165, 1.54) is 0 Å². The minimum Gasteiger partial charge on any atom is -0.315 e. The molecule has 1 aromatic rings. The lowest BCUT2D eigenvalue weighted by molar-refractivity contribution is -0.121. The van der Waals surface area contributed by atoms with E-state index in [1.807, 2.05) is 0 Å². The molecule has 76 valence electrons. The molecule has 2 rings (SSSR count). The Morgan fingerprint density at radius 3 is 2.86 bits per heavy atom. The number of nitrogens with one attached hydrogen (secondary N) is 2. The van der Waals surface area contributed by atoms with Crippen LogP contribution in [0.25, 0.3) is 0 Å². The molecule has 6 heteroatoms. The molecule has 0 bridgehead atoms. The lowest BCUT2D eigenvalue weighted by atomic mass is 10.0. The van der Waals surface area contributed by atoms with Crippen LogP contribution >= 0.6 is 12.4 Å². The second-order valence-corrected chi connectivity index (χ2v) is 2.95. The van der Waals surface area contributed by atoms with Gasteiger partial charge in [0.25, 0.3) is 0 Å². The van der Waals surface area contributed by atoms with Gasteiger partial charge in [-0.05, 0) is 12.1 Å². The summed E-state index contributed by atoms with van der Waals surface area (Å²) in [6.07, 6.45) is 1.57. The summed E-state index contributed by atoms with van der Waals surface area (Å²) in [5.41, 5.74) is 0. The first kappa shape index (κ1) is 10.9. The zero-order valence-electron chi connectivity index (χ0n) is 7.43. The number of rotatable bonds is 2. The van der Waals surface area contributed by atoms with Crippen molar-refractivity contribution in [3.8, 4) is 0 Å². The minimum atomic E-state index is 0. The SMILES string of the molecule is Cl.O=C(Nc1cccnn1)C1CNC1. The highest BCUT2D eigenvalue weighted by Gasteiger charge is 2.24. The molecule has 0 saturated carbocycles. The van der Waals surface area contributed by atoms with Gasteiger partial charge in [0.1, 0.15) is 0 Å². The Kier molecular flexibility index (Phi) is 3.79. The number of anilines is 1. The van der Waals surface area contributed by atoms with Gasteiger partial charge in [-0.1, -0.05) is 0 Å². The van der Waals surface area contributed by atoms with Crippen molar-refractivity contribution in [1.82, 2.24) is 15.5 Å². The Morgan fingerprint density at radius 2 is 2.36 bits per heavy atom. The molecule has 0 atom stereocenters. The molecule has 0 aromatic carbocycles. The van der Waals surface area contributed by atoms with E-state index in [0.29, 0.717) is 5.82 Å². The molecule has 2 heterocycles. The highest BCUT2D eigenvalue weighted by Crippen LogP contribution is 2.06. The van der Waals surface area contributed by atoms with Gasteiger partial charge >= 0.3 is 0 Å². The molecule has 14 heavy (non-hydrogen) atoms. The third kappa shape index (κ3) is 2.40. The second kappa shape index (κ2) is 4.88. The smallest absolute Gasteiger partial charge is 0.231 e. The first-order valence-corrected chi connectivity index (χ1v) is 4.15. The predicted octanol–water partition coefficient (Wildman–Crippen LogP) is 0.0563. The molecule has 1 aromatic heterocycles. The number of carbonyl (C=O) groups is 1. The van der Waals surface area contributed by atoms with Gasteiger partial charge in [0.15, 0.2) is 5.82 Å². The summed E-state index contributed by atoms with van der Waals surface area (Å²) >= 11 is 0. The fourth-order valence-corrected chi connectivity index (χ4v) is 1.07. The fraction of sp³-hybridized carbons (Fsp3) is 0.375. The maximum absolute atomic E-state index is 11.4. The molecule has 1 saturated heterocycles. The van der Waals surface area contributed by atoms with Crippen LogP contribution in [0, 0.1) is 5.92 Å². The van der Waals surface area contributed by atoms with Crippen LogP contribution < -0.4 is 10.6 Å². The Hall–Kier alpha value is -1.20.